The van der Waals surface area contributed by atoms with Crippen molar-refractivity contribution < 1.29 is 14.2 Å². The monoisotopic (exact) mass is 203 g/mol. The molecule has 1 rings (SSSR count). The van der Waals surface area contributed by atoms with Crippen LogP contribution in [-0.4, -0.2) is 52.2 Å². The summed E-state index contributed by atoms with van der Waals surface area (Å²) in [5, 5.41) is 3.38. The molecule has 4 nitrogen and oxygen atoms in total. The van der Waals surface area contributed by atoms with Crippen molar-refractivity contribution in [3.05, 3.63) is 0 Å². The van der Waals surface area contributed by atoms with Crippen LogP contribution in [0.15, 0.2) is 0 Å². The predicted molar refractivity (Wildman–Crippen MR) is 54.5 cm³/mol. The molecule has 1 unspecified atom stereocenters. The summed E-state index contributed by atoms with van der Waals surface area (Å²) >= 11 is 0. The van der Waals surface area contributed by atoms with Crippen LogP contribution in [0.5, 0.6) is 0 Å². The van der Waals surface area contributed by atoms with E-state index in [2.05, 4.69) is 12.2 Å². The zero-order chi connectivity index (χ0) is 10.2. The Balaban J connectivity index is 2.06. The Labute approximate surface area is 85.9 Å². The smallest absolute Gasteiger partial charge is 0.104 e. The molecule has 0 amide bonds. The molecule has 1 fully saturated rings. The molecule has 0 aromatic heterocycles. The average Bonchev–Trinajstić information content (AvgIpc) is 2.11. The third kappa shape index (κ3) is 4.37. The highest BCUT2D eigenvalue weighted by molar-refractivity contribution is 4.69. The lowest BCUT2D eigenvalue weighted by Crippen LogP contribution is -2.43. The lowest BCUT2D eigenvalue weighted by molar-refractivity contribution is -0.134. The first kappa shape index (κ1) is 11.9. The van der Waals surface area contributed by atoms with Crippen LogP contribution in [0.25, 0.3) is 0 Å². The molecule has 4 heteroatoms. The molecule has 0 radical (unpaired) electrons. The van der Waals surface area contributed by atoms with Crippen LogP contribution in [0.4, 0.5) is 0 Å². The van der Waals surface area contributed by atoms with Gasteiger partial charge in [-0.1, -0.05) is 6.92 Å². The molecule has 1 atom stereocenters. The van der Waals surface area contributed by atoms with Gasteiger partial charge in [-0.2, -0.15) is 0 Å². The van der Waals surface area contributed by atoms with Crippen molar-refractivity contribution in [3.63, 3.8) is 0 Å². The van der Waals surface area contributed by atoms with E-state index in [-0.39, 0.29) is 0 Å². The van der Waals surface area contributed by atoms with Gasteiger partial charge in [0.15, 0.2) is 0 Å². The van der Waals surface area contributed by atoms with Crippen LogP contribution < -0.4 is 5.32 Å². The second kappa shape index (κ2) is 7.17. The SMILES string of the molecule is CCCNC(COC)COC1COC1. The summed E-state index contributed by atoms with van der Waals surface area (Å²) in [7, 11) is 1.72. The van der Waals surface area contributed by atoms with Gasteiger partial charge in [0, 0.05) is 7.11 Å². The Hall–Kier alpha value is -0.160. The van der Waals surface area contributed by atoms with Crippen LogP contribution in [0.1, 0.15) is 13.3 Å². The van der Waals surface area contributed by atoms with Gasteiger partial charge in [0.25, 0.3) is 0 Å². The van der Waals surface area contributed by atoms with E-state index in [1.165, 1.54) is 0 Å². The van der Waals surface area contributed by atoms with Crippen molar-refractivity contribution in [2.45, 2.75) is 25.5 Å². The maximum absolute atomic E-state index is 5.62. The summed E-state index contributed by atoms with van der Waals surface area (Å²) < 4.78 is 15.8. The highest BCUT2D eigenvalue weighted by atomic mass is 16.6. The van der Waals surface area contributed by atoms with Gasteiger partial charge in [0.2, 0.25) is 0 Å². The molecule has 1 heterocycles. The zero-order valence-electron chi connectivity index (χ0n) is 9.12. The number of hydrogen-bond acceptors (Lipinski definition) is 4. The van der Waals surface area contributed by atoms with Gasteiger partial charge in [-0.05, 0) is 13.0 Å². The number of hydrogen-bond donors (Lipinski definition) is 1. The van der Waals surface area contributed by atoms with Crippen LogP contribution in [-0.2, 0) is 14.2 Å². The molecule has 0 spiro atoms. The van der Waals surface area contributed by atoms with Gasteiger partial charge >= 0.3 is 0 Å². The maximum atomic E-state index is 5.62. The third-order valence-electron chi connectivity index (χ3n) is 2.19. The first-order valence-electron chi connectivity index (χ1n) is 5.28. The summed E-state index contributed by atoms with van der Waals surface area (Å²) in [4.78, 5) is 0. The Kier molecular flexibility index (Phi) is 6.10. The van der Waals surface area contributed by atoms with Gasteiger partial charge in [-0.3, -0.25) is 0 Å². The molecular formula is C10H21NO3. The van der Waals surface area contributed by atoms with Crippen molar-refractivity contribution >= 4 is 0 Å². The van der Waals surface area contributed by atoms with E-state index >= 15 is 0 Å². The average molecular weight is 203 g/mol. The third-order valence-corrected chi connectivity index (χ3v) is 2.19. The van der Waals surface area contributed by atoms with Gasteiger partial charge in [0.05, 0.1) is 32.5 Å². The summed E-state index contributed by atoms with van der Waals surface area (Å²) in [5.74, 6) is 0. The Morgan fingerprint density at radius 1 is 1.43 bits per heavy atom. The lowest BCUT2D eigenvalue weighted by Gasteiger charge is -2.28. The Bertz CT molecular complexity index is 139. The second-order valence-electron chi connectivity index (χ2n) is 3.60. The highest BCUT2D eigenvalue weighted by Crippen LogP contribution is 2.05. The molecule has 0 aromatic carbocycles. The second-order valence-corrected chi connectivity index (χ2v) is 3.60. The van der Waals surface area contributed by atoms with Crippen LogP contribution in [0.2, 0.25) is 0 Å². The number of rotatable bonds is 8. The van der Waals surface area contributed by atoms with E-state index in [4.69, 9.17) is 14.2 Å². The lowest BCUT2D eigenvalue weighted by atomic mass is 10.3. The molecule has 14 heavy (non-hydrogen) atoms. The topological polar surface area (TPSA) is 39.7 Å². The number of methoxy groups -OCH3 is 1. The molecule has 0 bridgehead atoms. The fourth-order valence-electron chi connectivity index (χ4n) is 1.28. The molecule has 1 aliphatic rings. The molecule has 84 valence electrons. The van der Waals surface area contributed by atoms with Gasteiger partial charge < -0.3 is 19.5 Å². The first-order chi connectivity index (χ1) is 6.86. The van der Waals surface area contributed by atoms with E-state index in [1.807, 2.05) is 0 Å². The van der Waals surface area contributed by atoms with Gasteiger partial charge in [0.1, 0.15) is 6.10 Å². The van der Waals surface area contributed by atoms with E-state index in [9.17, 15) is 0 Å². The molecule has 0 aliphatic carbocycles. The molecule has 1 N–H and O–H groups in total. The highest BCUT2D eigenvalue weighted by Gasteiger charge is 2.20. The van der Waals surface area contributed by atoms with E-state index in [1.54, 1.807) is 7.11 Å². The predicted octanol–water partition coefficient (Wildman–Crippen LogP) is 0.416. The molecule has 0 aromatic rings. The summed E-state index contributed by atoms with van der Waals surface area (Å²) in [6.45, 7) is 6.06. The number of ether oxygens (including phenoxy) is 3. The fourth-order valence-corrected chi connectivity index (χ4v) is 1.28. The van der Waals surface area contributed by atoms with Crippen LogP contribution in [0.3, 0.4) is 0 Å². The largest absolute Gasteiger partial charge is 0.383 e. The number of nitrogens with one attached hydrogen (secondary N) is 1. The van der Waals surface area contributed by atoms with Crippen molar-refractivity contribution in [2.75, 3.05) is 40.1 Å². The van der Waals surface area contributed by atoms with Gasteiger partial charge in [-0.15, -0.1) is 0 Å². The minimum Gasteiger partial charge on any atom is -0.383 e. The van der Waals surface area contributed by atoms with E-state index in [0.717, 1.165) is 26.2 Å². The van der Waals surface area contributed by atoms with Crippen molar-refractivity contribution in [1.82, 2.24) is 5.32 Å². The standard InChI is InChI=1S/C10H21NO3/c1-3-4-11-9(5-12-2)6-14-10-7-13-8-10/h9-11H,3-8H2,1-2H3. The molecular weight excluding hydrogens is 182 g/mol. The van der Waals surface area contributed by atoms with Crippen LogP contribution in [0, 0.1) is 0 Å². The van der Waals surface area contributed by atoms with Crippen LogP contribution >= 0.6 is 0 Å². The van der Waals surface area contributed by atoms with E-state index < -0.39 is 0 Å². The minimum absolute atomic E-state index is 0.304. The Morgan fingerprint density at radius 2 is 2.21 bits per heavy atom. The Morgan fingerprint density at radius 3 is 2.71 bits per heavy atom. The molecule has 0 saturated carbocycles. The van der Waals surface area contributed by atoms with Gasteiger partial charge in [-0.25, -0.2) is 0 Å². The minimum atomic E-state index is 0.304. The van der Waals surface area contributed by atoms with Crippen molar-refractivity contribution in [2.24, 2.45) is 0 Å². The molecule has 1 saturated heterocycles. The summed E-state index contributed by atoms with van der Waals surface area (Å²) in [5.41, 5.74) is 0. The first-order valence-corrected chi connectivity index (χ1v) is 5.28. The van der Waals surface area contributed by atoms with Crippen molar-refractivity contribution in [3.8, 4) is 0 Å². The van der Waals surface area contributed by atoms with Crippen molar-refractivity contribution in [1.29, 1.82) is 0 Å². The fraction of sp³-hybridized carbons (Fsp3) is 1.00. The van der Waals surface area contributed by atoms with E-state index in [0.29, 0.717) is 25.4 Å². The summed E-state index contributed by atoms with van der Waals surface area (Å²) in [6, 6.07) is 0.306. The molecule has 1 aliphatic heterocycles. The summed E-state index contributed by atoms with van der Waals surface area (Å²) in [6.07, 6.45) is 1.44. The zero-order valence-corrected chi connectivity index (χ0v) is 9.12. The normalized spacial score (nSPS) is 19.3. The quantitative estimate of drug-likeness (QED) is 0.620. The maximum Gasteiger partial charge on any atom is 0.104 e.